The number of benzene rings is 1. The molecule has 1 aliphatic rings. The Morgan fingerprint density at radius 2 is 2.00 bits per heavy atom. The van der Waals surface area contributed by atoms with Crippen LogP contribution >= 0.6 is 0 Å². The lowest BCUT2D eigenvalue weighted by Crippen LogP contribution is -2.31. The van der Waals surface area contributed by atoms with Gasteiger partial charge in [0.1, 0.15) is 11.6 Å². The van der Waals surface area contributed by atoms with Crippen molar-refractivity contribution in [1.29, 1.82) is 0 Å². The van der Waals surface area contributed by atoms with Crippen LogP contribution in [-0.2, 0) is 29.0 Å². The third kappa shape index (κ3) is 4.04. The smallest absolute Gasteiger partial charge is 0.243 e. The maximum Gasteiger partial charge on any atom is 0.243 e. The molecule has 2 heterocycles. The zero-order chi connectivity index (χ0) is 17.8. The fourth-order valence-electron chi connectivity index (χ4n) is 3.17. The number of rotatable bonds is 5. The predicted molar refractivity (Wildman–Crippen MR) is 94.2 cm³/mol. The van der Waals surface area contributed by atoms with Gasteiger partial charge in [-0.25, -0.2) is 0 Å². The SMILES string of the molecule is CCc1nnc2n1CC(c1ccc(NC(=O)CNC(C)=O)cc1)CC2. The van der Waals surface area contributed by atoms with Gasteiger partial charge in [0.25, 0.3) is 0 Å². The van der Waals surface area contributed by atoms with Crippen LogP contribution in [0.3, 0.4) is 0 Å². The Labute approximate surface area is 146 Å². The highest BCUT2D eigenvalue weighted by molar-refractivity contribution is 5.94. The van der Waals surface area contributed by atoms with E-state index in [-0.39, 0.29) is 18.4 Å². The van der Waals surface area contributed by atoms with E-state index in [1.807, 2.05) is 12.1 Å². The summed E-state index contributed by atoms with van der Waals surface area (Å²) in [5, 5.41) is 13.8. The van der Waals surface area contributed by atoms with Crippen LogP contribution in [0.5, 0.6) is 0 Å². The molecule has 0 fully saturated rings. The molecule has 1 aromatic heterocycles. The second-order valence-electron chi connectivity index (χ2n) is 6.31. The minimum absolute atomic E-state index is 0.0179. The van der Waals surface area contributed by atoms with Gasteiger partial charge in [-0.3, -0.25) is 9.59 Å². The summed E-state index contributed by atoms with van der Waals surface area (Å²) in [6.07, 6.45) is 2.88. The monoisotopic (exact) mass is 341 g/mol. The van der Waals surface area contributed by atoms with Crippen LogP contribution in [0.25, 0.3) is 0 Å². The molecule has 2 amide bonds. The Morgan fingerprint density at radius 3 is 2.68 bits per heavy atom. The van der Waals surface area contributed by atoms with E-state index in [0.29, 0.717) is 5.92 Å². The summed E-state index contributed by atoms with van der Waals surface area (Å²) < 4.78 is 2.23. The van der Waals surface area contributed by atoms with Crippen molar-refractivity contribution >= 4 is 17.5 Å². The number of nitrogens with zero attached hydrogens (tertiary/aromatic N) is 3. The molecule has 1 aromatic carbocycles. The first-order valence-electron chi connectivity index (χ1n) is 8.62. The topological polar surface area (TPSA) is 88.9 Å². The molecule has 0 saturated carbocycles. The number of nitrogens with one attached hydrogen (secondary N) is 2. The highest BCUT2D eigenvalue weighted by Crippen LogP contribution is 2.29. The van der Waals surface area contributed by atoms with Crippen LogP contribution in [0.15, 0.2) is 24.3 Å². The van der Waals surface area contributed by atoms with Crippen molar-refractivity contribution in [2.24, 2.45) is 0 Å². The number of anilines is 1. The Hall–Kier alpha value is -2.70. The zero-order valence-corrected chi connectivity index (χ0v) is 14.6. The molecule has 0 bridgehead atoms. The van der Waals surface area contributed by atoms with Gasteiger partial charge in [-0.1, -0.05) is 19.1 Å². The van der Waals surface area contributed by atoms with Gasteiger partial charge in [0.2, 0.25) is 11.8 Å². The van der Waals surface area contributed by atoms with Gasteiger partial charge in [-0.05, 0) is 24.1 Å². The van der Waals surface area contributed by atoms with E-state index < -0.39 is 0 Å². The lowest BCUT2D eigenvalue weighted by Gasteiger charge is -2.24. The molecule has 1 unspecified atom stereocenters. The molecule has 0 spiro atoms. The first kappa shape index (κ1) is 17.1. The van der Waals surface area contributed by atoms with E-state index in [9.17, 15) is 9.59 Å². The molecule has 7 nitrogen and oxygen atoms in total. The van der Waals surface area contributed by atoms with E-state index in [2.05, 4.69) is 44.5 Å². The molecule has 7 heteroatoms. The molecule has 25 heavy (non-hydrogen) atoms. The van der Waals surface area contributed by atoms with Gasteiger partial charge in [0.05, 0.1) is 6.54 Å². The Kier molecular flexibility index (Phi) is 5.11. The number of carbonyl (C=O) groups excluding carboxylic acids is 2. The number of amides is 2. The van der Waals surface area contributed by atoms with Crippen molar-refractivity contribution in [2.75, 3.05) is 11.9 Å². The summed E-state index contributed by atoms with van der Waals surface area (Å²) in [5.41, 5.74) is 1.98. The van der Waals surface area contributed by atoms with Crippen molar-refractivity contribution in [3.63, 3.8) is 0 Å². The summed E-state index contributed by atoms with van der Waals surface area (Å²) in [4.78, 5) is 22.6. The zero-order valence-electron chi connectivity index (χ0n) is 14.6. The predicted octanol–water partition coefficient (Wildman–Crippen LogP) is 1.65. The van der Waals surface area contributed by atoms with Crippen LogP contribution in [0.2, 0.25) is 0 Å². The number of fused-ring (bicyclic) bond motifs is 1. The number of hydrogen-bond acceptors (Lipinski definition) is 4. The molecule has 0 saturated heterocycles. The molecular formula is C18H23N5O2. The molecule has 2 N–H and O–H groups in total. The summed E-state index contributed by atoms with van der Waals surface area (Å²) in [6, 6.07) is 7.92. The maximum absolute atomic E-state index is 11.7. The summed E-state index contributed by atoms with van der Waals surface area (Å²) in [5.74, 6) is 2.10. The van der Waals surface area contributed by atoms with Gasteiger partial charge in [0.15, 0.2) is 0 Å². The second kappa shape index (κ2) is 7.46. The fraction of sp³-hybridized carbons (Fsp3) is 0.444. The molecule has 1 aliphatic heterocycles. The summed E-state index contributed by atoms with van der Waals surface area (Å²) in [6.45, 7) is 4.37. The standard InChI is InChI=1S/C18H23N5O2/c1-3-16-21-22-17-9-6-14(11-23(16)17)13-4-7-15(8-5-13)20-18(25)10-19-12(2)24/h4-5,7-8,14H,3,6,9-11H2,1-2H3,(H,19,24)(H,20,25). The molecule has 0 aliphatic carbocycles. The molecule has 2 aromatic rings. The minimum atomic E-state index is -0.234. The highest BCUT2D eigenvalue weighted by atomic mass is 16.2. The lowest BCUT2D eigenvalue weighted by atomic mass is 9.91. The number of carbonyl (C=O) groups is 2. The van der Waals surface area contributed by atoms with Crippen LogP contribution < -0.4 is 10.6 Å². The first-order valence-corrected chi connectivity index (χ1v) is 8.62. The Balaban J connectivity index is 1.63. The van der Waals surface area contributed by atoms with E-state index in [1.165, 1.54) is 12.5 Å². The fourth-order valence-corrected chi connectivity index (χ4v) is 3.17. The molecular weight excluding hydrogens is 318 g/mol. The van der Waals surface area contributed by atoms with Gasteiger partial charge in [-0.15, -0.1) is 10.2 Å². The average Bonchev–Trinajstić information content (AvgIpc) is 3.03. The largest absolute Gasteiger partial charge is 0.347 e. The number of hydrogen-bond donors (Lipinski definition) is 2. The quantitative estimate of drug-likeness (QED) is 0.865. The normalized spacial score (nSPS) is 16.2. The Bertz CT molecular complexity index is 753. The van der Waals surface area contributed by atoms with Crippen molar-refractivity contribution in [3.8, 4) is 0 Å². The van der Waals surface area contributed by atoms with Crippen molar-refractivity contribution in [2.45, 2.75) is 45.6 Å². The number of aromatic nitrogens is 3. The van der Waals surface area contributed by atoms with Crippen molar-refractivity contribution in [3.05, 3.63) is 41.5 Å². The van der Waals surface area contributed by atoms with Crippen LogP contribution in [0.4, 0.5) is 5.69 Å². The lowest BCUT2D eigenvalue weighted by molar-refractivity contribution is -0.122. The van der Waals surface area contributed by atoms with Crippen LogP contribution in [-0.4, -0.2) is 33.1 Å². The third-order valence-electron chi connectivity index (χ3n) is 4.50. The van der Waals surface area contributed by atoms with Gasteiger partial charge in [0, 0.05) is 37.9 Å². The van der Waals surface area contributed by atoms with Gasteiger partial charge >= 0.3 is 0 Å². The first-order chi connectivity index (χ1) is 12.1. The van der Waals surface area contributed by atoms with Crippen molar-refractivity contribution < 1.29 is 9.59 Å². The highest BCUT2D eigenvalue weighted by Gasteiger charge is 2.23. The van der Waals surface area contributed by atoms with Crippen molar-refractivity contribution in [1.82, 2.24) is 20.1 Å². The average molecular weight is 341 g/mol. The van der Waals surface area contributed by atoms with Crippen LogP contribution in [0, 0.1) is 0 Å². The van der Waals surface area contributed by atoms with E-state index >= 15 is 0 Å². The minimum Gasteiger partial charge on any atom is -0.347 e. The molecule has 132 valence electrons. The van der Waals surface area contributed by atoms with Gasteiger partial charge in [-0.2, -0.15) is 0 Å². The van der Waals surface area contributed by atoms with E-state index in [0.717, 1.165) is 43.1 Å². The summed E-state index contributed by atoms with van der Waals surface area (Å²) >= 11 is 0. The Morgan fingerprint density at radius 1 is 1.24 bits per heavy atom. The maximum atomic E-state index is 11.7. The van der Waals surface area contributed by atoms with E-state index in [1.54, 1.807) is 0 Å². The van der Waals surface area contributed by atoms with E-state index in [4.69, 9.17) is 0 Å². The third-order valence-corrected chi connectivity index (χ3v) is 4.50. The molecule has 3 rings (SSSR count). The molecule has 1 atom stereocenters. The molecule has 0 radical (unpaired) electrons. The van der Waals surface area contributed by atoms with Gasteiger partial charge < -0.3 is 15.2 Å². The second-order valence-corrected chi connectivity index (χ2v) is 6.31. The van der Waals surface area contributed by atoms with Crippen LogP contribution in [0.1, 0.15) is 43.4 Å². The number of aryl methyl sites for hydroxylation is 2. The summed E-state index contributed by atoms with van der Waals surface area (Å²) in [7, 11) is 0.